The molecule has 0 radical (unpaired) electrons. The van der Waals surface area contributed by atoms with Crippen LogP contribution in [0, 0.1) is 6.92 Å². The van der Waals surface area contributed by atoms with Gasteiger partial charge in [0.2, 0.25) is 5.89 Å². The van der Waals surface area contributed by atoms with Crippen molar-refractivity contribution in [3.63, 3.8) is 0 Å². The summed E-state index contributed by atoms with van der Waals surface area (Å²) in [4.78, 5) is 9.26. The summed E-state index contributed by atoms with van der Waals surface area (Å²) in [5, 5.41) is 6.78. The van der Waals surface area contributed by atoms with Crippen LogP contribution in [0.1, 0.15) is 36.1 Å². The number of nitrogens with one attached hydrogen (secondary N) is 2. The number of oxazole rings is 1. The number of aryl methyl sites for hydroxylation is 1. The molecule has 0 saturated carbocycles. The third-order valence-electron chi connectivity index (χ3n) is 5.19. The van der Waals surface area contributed by atoms with E-state index >= 15 is 0 Å². The van der Waals surface area contributed by atoms with Crippen molar-refractivity contribution in [1.29, 1.82) is 0 Å². The van der Waals surface area contributed by atoms with Gasteiger partial charge in [-0.3, -0.25) is 0 Å². The molecule has 6 nitrogen and oxygen atoms in total. The number of nitrogens with zero attached hydrogens (tertiary/aromatic N) is 2. The summed E-state index contributed by atoms with van der Waals surface area (Å²) in [5.41, 5.74) is 4.24. The molecule has 1 atom stereocenters. The maximum Gasteiger partial charge on any atom is 0.226 e. The molecule has 0 aliphatic carbocycles. The SMILES string of the molecule is CCNC(=NCc1coc(-c2ccc(C)cc2)n1)NCC1CCOc2ccccc21.I. The Morgan fingerprint density at radius 3 is 2.74 bits per heavy atom. The van der Waals surface area contributed by atoms with E-state index in [9.17, 15) is 0 Å². The Labute approximate surface area is 200 Å². The van der Waals surface area contributed by atoms with Gasteiger partial charge in [-0.1, -0.05) is 35.9 Å². The fourth-order valence-corrected chi connectivity index (χ4v) is 3.56. The van der Waals surface area contributed by atoms with Gasteiger partial charge in [-0.15, -0.1) is 24.0 Å². The minimum Gasteiger partial charge on any atom is -0.493 e. The topological polar surface area (TPSA) is 71.7 Å². The fraction of sp³-hybridized carbons (Fsp3) is 0.333. The molecule has 1 unspecified atom stereocenters. The van der Waals surface area contributed by atoms with Gasteiger partial charge in [-0.2, -0.15) is 0 Å². The molecule has 4 rings (SSSR count). The smallest absolute Gasteiger partial charge is 0.226 e. The Balaban J connectivity index is 0.00000272. The number of aromatic nitrogens is 1. The molecule has 164 valence electrons. The molecule has 2 N–H and O–H groups in total. The van der Waals surface area contributed by atoms with Crippen molar-refractivity contribution in [3.05, 3.63) is 71.6 Å². The van der Waals surface area contributed by atoms with Gasteiger partial charge in [0.15, 0.2) is 5.96 Å². The molecular weight excluding hydrogens is 503 g/mol. The van der Waals surface area contributed by atoms with E-state index in [1.165, 1.54) is 11.1 Å². The summed E-state index contributed by atoms with van der Waals surface area (Å²) in [7, 11) is 0. The zero-order chi connectivity index (χ0) is 20.8. The highest BCUT2D eigenvalue weighted by Gasteiger charge is 2.21. The highest BCUT2D eigenvalue weighted by Crippen LogP contribution is 2.32. The normalized spacial score (nSPS) is 15.4. The molecule has 3 aromatic rings. The predicted octanol–water partition coefficient (Wildman–Crippen LogP) is 4.89. The summed E-state index contributed by atoms with van der Waals surface area (Å²) < 4.78 is 11.4. The van der Waals surface area contributed by atoms with E-state index in [-0.39, 0.29) is 24.0 Å². The quantitative estimate of drug-likeness (QED) is 0.269. The van der Waals surface area contributed by atoms with E-state index in [4.69, 9.17) is 9.15 Å². The third kappa shape index (κ3) is 6.00. The highest BCUT2D eigenvalue weighted by atomic mass is 127. The Hall–Kier alpha value is -2.55. The molecule has 0 spiro atoms. The molecule has 0 amide bonds. The first-order chi connectivity index (χ1) is 14.7. The van der Waals surface area contributed by atoms with E-state index < -0.39 is 0 Å². The second kappa shape index (κ2) is 11.2. The molecule has 1 aromatic heterocycles. The van der Waals surface area contributed by atoms with Crippen molar-refractivity contribution in [2.24, 2.45) is 4.99 Å². The van der Waals surface area contributed by atoms with Gasteiger partial charge in [0.1, 0.15) is 17.7 Å². The number of para-hydroxylation sites is 1. The van der Waals surface area contributed by atoms with Crippen LogP contribution in [0.5, 0.6) is 5.75 Å². The predicted molar refractivity (Wildman–Crippen MR) is 134 cm³/mol. The van der Waals surface area contributed by atoms with Gasteiger partial charge >= 0.3 is 0 Å². The first kappa shape index (κ1) is 23.1. The maximum atomic E-state index is 5.77. The zero-order valence-electron chi connectivity index (χ0n) is 17.9. The lowest BCUT2D eigenvalue weighted by molar-refractivity contribution is 0.267. The molecular formula is C24H29IN4O2. The number of hydrogen-bond acceptors (Lipinski definition) is 4. The Bertz CT molecular complexity index is 1000. The van der Waals surface area contributed by atoms with Gasteiger partial charge < -0.3 is 19.8 Å². The van der Waals surface area contributed by atoms with E-state index in [1.54, 1.807) is 6.26 Å². The summed E-state index contributed by atoms with van der Waals surface area (Å²) >= 11 is 0. The van der Waals surface area contributed by atoms with Gasteiger partial charge in [-0.05, 0) is 44.0 Å². The summed E-state index contributed by atoms with van der Waals surface area (Å²) in [6.45, 7) is 6.93. The average Bonchev–Trinajstić information content (AvgIpc) is 3.25. The van der Waals surface area contributed by atoms with E-state index in [0.29, 0.717) is 18.4 Å². The minimum atomic E-state index is 0. The van der Waals surface area contributed by atoms with Crippen molar-refractivity contribution >= 4 is 29.9 Å². The summed E-state index contributed by atoms with van der Waals surface area (Å²) in [6.07, 6.45) is 2.67. The van der Waals surface area contributed by atoms with Crippen LogP contribution < -0.4 is 15.4 Å². The van der Waals surface area contributed by atoms with Crippen LogP contribution >= 0.6 is 24.0 Å². The van der Waals surface area contributed by atoms with Crippen molar-refractivity contribution in [1.82, 2.24) is 15.6 Å². The van der Waals surface area contributed by atoms with Crippen LogP contribution in [0.3, 0.4) is 0 Å². The van der Waals surface area contributed by atoms with Crippen LogP contribution in [0.2, 0.25) is 0 Å². The van der Waals surface area contributed by atoms with E-state index in [1.807, 2.05) is 24.3 Å². The second-order valence-electron chi connectivity index (χ2n) is 7.46. The number of rotatable bonds is 6. The number of benzene rings is 2. The molecule has 0 saturated heterocycles. The number of ether oxygens (including phenoxy) is 1. The van der Waals surface area contributed by atoms with Gasteiger partial charge in [0.25, 0.3) is 0 Å². The molecule has 1 aliphatic heterocycles. The lowest BCUT2D eigenvalue weighted by Crippen LogP contribution is -2.40. The number of guanidine groups is 1. The second-order valence-corrected chi connectivity index (χ2v) is 7.46. The number of halogens is 1. The van der Waals surface area contributed by atoms with Crippen LogP contribution in [0.25, 0.3) is 11.5 Å². The Morgan fingerprint density at radius 1 is 1.13 bits per heavy atom. The van der Waals surface area contributed by atoms with Gasteiger partial charge in [0.05, 0.1) is 13.2 Å². The Morgan fingerprint density at radius 2 is 1.94 bits per heavy atom. The molecule has 1 aliphatic rings. The fourth-order valence-electron chi connectivity index (χ4n) is 3.56. The highest BCUT2D eigenvalue weighted by molar-refractivity contribution is 14.0. The molecule has 0 fully saturated rings. The van der Waals surface area contributed by atoms with Crippen molar-refractivity contribution in [2.75, 3.05) is 19.7 Å². The molecule has 31 heavy (non-hydrogen) atoms. The molecule has 2 aromatic carbocycles. The Kier molecular flexibility index (Phi) is 8.34. The van der Waals surface area contributed by atoms with Crippen LogP contribution in [0.15, 0.2) is 64.2 Å². The van der Waals surface area contributed by atoms with Gasteiger partial charge in [-0.25, -0.2) is 9.98 Å². The first-order valence-corrected chi connectivity index (χ1v) is 10.5. The lowest BCUT2D eigenvalue weighted by atomic mass is 9.93. The first-order valence-electron chi connectivity index (χ1n) is 10.5. The minimum absolute atomic E-state index is 0. The number of fused-ring (bicyclic) bond motifs is 1. The number of aliphatic imine (C=N–C) groups is 1. The molecule has 0 bridgehead atoms. The largest absolute Gasteiger partial charge is 0.493 e. The number of hydrogen-bond donors (Lipinski definition) is 2. The standard InChI is InChI=1S/C24H28N4O2.HI/c1-3-25-24(26-14-19-12-13-29-22-7-5-4-6-21(19)22)27-15-20-16-30-23(28-20)18-10-8-17(2)9-11-18;/h4-11,16,19H,3,12-15H2,1-2H3,(H2,25,26,27);1H. The van der Waals surface area contributed by atoms with Crippen LogP contribution in [0.4, 0.5) is 0 Å². The van der Waals surface area contributed by atoms with E-state index in [0.717, 1.165) is 49.1 Å². The van der Waals surface area contributed by atoms with Gasteiger partial charge in [0, 0.05) is 24.6 Å². The van der Waals surface area contributed by atoms with Crippen molar-refractivity contribution in [2.45, 2.75) is 32.7 Å². The molecule has 7 heteroatoms. The summed E-state index contributed by atoms with van der Waals surface area (Å²) in [6, 6.07) is 16.4. The maximum absolute atomic E-state index is 5.77. The van der Waals surface area contributed by atoms with E-state index in [2.05, 4.69) is 58.7 Å². The van der Waals surface area contributed by atoms with Crippen LogP contribution in [-0.4, -0.2) is 30.6 Å². The van der Waals surface area contributed by atoms with Crippen molar-refractivity contribution < 1.29 is 9.15 Å². The lowest BCUT2D eigenvalue weighted by Gasteiger charge is -2.26. The van der Waals surface area contributed by atoms with Crippen molar-refractivity contribution in [3.8, 4) is 17.2 Å². The molecule has 2 heterocycles. The average molecular weight is 532 g/mol. The summed E-state index contributed by atoms with van der Waals surface area (Å²) in [5.74, 6) is 2.79. The monoisotopic (exact) mass is 532 g/mol. The zero-order valence-corrected chi connectivity index (χ0v) is 20.3. The van der Waals surface area contributed by atoms with Crippen LogP contribution in [-0.2, 0) is 6.54 Å². The third-order valence-corrected chi connectivity index (χ3v) is 5.19.